The van der Waals surface area contributed by atoms with Crippen LogP contribution in [-0.4, -0.2) is 56.1 Å². The molecule has 2 fully saturated rings. The van der Waals surface area contributed by atoms with Gasteiger partial charge in [0.25, 0.3) is 0 Å². The second kappa shape index (κ2) is 6.15. The first-order valence-electron chi connectivity index (χ1n) is 7.98. The Labute approximate surface area is 123 Å². The van der Waals surface area contributed by atoms with Crippen molar-refractivity contribution in [3.8, 4) is 0 Å². The van der Waals surface area contributed by atoms with Crippen LogP contribution in [0.3, 0.4) is 0 Å². The molecule has 0 atom stereocenters. The minimum Gasteiger partial charge on any atom is -0.368 e. The molecule has 2 heterocycles. The van der Waals surface area contributed by atoms with Crippen molar-refractivity contribution in [2.75, 3.05) is 51.2 Å². The van der Waals surface area contributed by atoms with Crippen LogP contribution in [0.1, 0.15) is 24.0 Å². The lowest BCUT2D eigenvalue weighted by Gasteiger charge is -2.36. The molecule has 0 spiro atoms. The molecule has 0 bridgehead atoms. The molecule has 1 aromatic rings. The number of nitrogens with zero attached hydrogens (tertiary/aromatic N) is 3. The highest BCUT2D eigenvalue weighted by Gasteiger charge is 2.20. The number of hydrogen-bond acceptors (Lipinski definition) is 3. The van der Waals surface area contributed by atoms with Gasteiger partial charge in [0.05, 0.1) is 0 Å². The average Bonchev–Trinajstić information content (AvgIpc) is 2.94. The van der Waals surface area contributed by atoms with Gasteiger partial charge in [-0.15, -0.1) is 0 Å². The highest BCUT2D eigenvalue weighted by Crippen LogP contribution is 2.28. The van der Waals surface area contributed by atoms with Gasteiger partial charge in [-0.25, -0.2) is 0 Å². The Balaban J connectivity index is 1.80. The average molecular weight is 273 g/mol. The topological polar surface area (TPSA) is 9.72 Å². The number of likely N-dealkylation sites (tertiary alicyclic amines) is 1. The van der Waals surface area contributed by atoms with Crippen LogP contribution in [0.25, 0.3) is 0 Å². The third-order valence-electron chi connectivity index (χ3n) is 4.73. The number of hydrogen-bond donors (Lipinski definition) is 0. The molecule has 3 heteroatoms. The minimum atomic E-state index is 1.13. The number of piperazine rings is 1. The molecule has 110 valence electrons. The Kier molecular flexibility index (Phi) is 4.27. The lowest BCUT2D eigenvalue weighted by atomic mass is 10.1. The largest absolute Gasteiger partial charge is 0.368 e. The molecule has 0 saturated carbocycles. The lowest BCUT2D eigenvalue weighted by Crippen LogP contribution is -2.45. The van der Waals surface area contributed by atoms with Gasteiger partial charge in [-0.1, -0.05) is 18.2 Å². The second-order valence-corrected chi connectivity index (χ2v) is 6.36. The molecule has 0 aromatic heterocycles. The summed E-state index contributed by atoms with van der Waals surface area (Å²) in [7, 11) is 2.22. The zero-order chi connectivity index (χ0) is 13.9. The SMILES string of the molecule is Cc1cccc(CN2CCCC2)c1N1CCN(C)CC1. The van der Waals surface area contributed by atoms with Gasteiger partial charge >= 0.3 is 0 Å². The Hall–Kier alpha value is -1.06. The maximum Gasteiger partial charge on any atom is 0.0442 e. The molecule has 2 aliphatic rings. The van der Waals surface area contributed by atoms with Crippen LogP contribution in [0.15, 0.2) is 18.2 Å². The van der Waals surface area contributed by atoms with Crippen LogP contribution >= 0.6 is 0 Å². The molecular formula is C17H27N3. The fourth-order valence-electron chi connectivity index (χ4n) is 3.51. The van der Waals surface area contributed by atoms with E-state index >= 15 is 0 Å². The van der Waals surface area contributed by atoms with E-state index in [1.165, 1.54) is 55.8 Å². The maximum absolute atomic E-state index is 2.61. The van der Waals surface area contributed by atoms with Crippen LogP contribution in [0.4, 0.5) is 5.69 Å². The van der Waals surface area contributed by atoms with E-state index in [1.807, 2.05) is 0 Å². The number of rotatable bonds is 3. The van der Waals surface area contributed by atoms with E-state index in [9.17, 15) is 0 Å². The van der Waals surface area contributed by atoms with Gasteiger partial charge in [-0.05, 0) is 51.0 Å². The van der Waals surface area contributed by atoms with Gasteiger partial charge in [0.2, 0.25) is 0 Å². The first kappa shape index (κ1) is 13.9. The summed E-state index contributed by atoms with van der Waals surface area (Å²) in [6.45, 7) is 10.6. The third-order valence-corrected chi connectivity index (χ3v) is 4.73. The Bertz CT molecular complexity index is 444. The van der Waals surface area contributed by atoms with Crippen LogP contribution in [0, 0.1) is 6.92 Å². The van der Waals surface area contributed by atoms with Crippen molar-refractivity contribution in [3.63, 3.8) is 0 Å². The standard InChI is InChI=1S/C17H27N3/c1-15-6-5-7-16(14-19-8-3-4-9-19)17(15)20-12-10-18(2)11-13-20/h5-7H,3-4,8-14H2,1-2H3. The molecule has 0 unspecified atom stereocenters. The van der Waals surface area contributed by atoms with Crippen molar-refractivity contribution in [3.05, 3.63) is 29.3 Å². The predicted octanol–water partition coefficient (Wildman–Crippen LogP) is 2.34. The number of anilines is 1. The quantitative estimate of drug-likeness (QED) is 0.837. The van der Waals surface area contributed by atoms with Gasteiger partial charge in [0, 0.05) is 38.4 Å². The fraction of sp³-hybridized carbons (Fsp3) is 0.647. The van der Waals surface area contributed by atoms with Crippen LogP contribution in [0.2, 0.25) is 0 Å². The molecule has 2 aliphatic heterocycles. The zero-order valence-electron chi connectivity index (χ0n) is 12.9. The van der Waals surface area contributed by atoms with E-state index in [4.69, 9.17) is 0 Å². The number of benzene rings is 1. The summed E-state index contributed by atoms with van der Waals surface area (Å²) < 4.78 is 0. The van der Waals surface area contributed by atoms with Crippen molar-refractivity contribution >= 4 is 5.69 Å². The highest BCUT2D eigenvalue weighted by atomic mass is 15.3. The summed E-state index contributed by atoms with van der Waals surface area (Å²) in [6, 6.07) is 6.82. The summed E-state index contributed by atoms with van der Waals surface area (Å²) in [5.41, 5.74) is 4.47. The van der Waals surface area contributed by atoms with E-state index in [0.717, 1.165) is 19.6 Å². The van der Waals surface area contributed by atoms with Crippen LogP contribution in [0.5, 0.6) is 0 Å². The number of aryl methyl sites for hydroxylation is 1. The van der Waals surface area contributed by atoms with E-state index in [1.54, 1.807) is 0 Å². The monoisotopic (exact) mass is 273 g/mol. The van der Waals surface area contributed by atoms with Crippen LogP contribution in [-0.2, 0) is 6.54 Å². The molecule has 0 aliphatic carbocycles. The molecule has 0 radical (unpaired) electrons. The Morgan fingerprint density at radius 3 is 2.35 bits per heavy atom. The first-order valence-corrected chi connectivity index (χ1v) is 7.98. The summed E-state index contributed by atoms with van der Waals surface area (Å²) in [5.74, 6) is 0. The van der Waals surface area contributed by atoms with Gasteiger partial charge in [-0.2, -0.15) is 0 Å². The molecule has 0 N–H and O–H groups in total. The smallest absolute Gasteiger partial charge is 0.0442 e. The van der Waals surface area contributed by atoms with Crippen molar-refractivity contribution in [2.45, 2.75) is 26.3 Å². The lowest BCUT2D eigenvalue weighted by molar-refractivity contribution is 0.310. The second-order valence-electron chi connectivity index (χ2n) is 6.36. The minimum absolute atomic E-state index is 1.13. The molecule has 1 aromatic carbocycles. The van der Waals surface area contributed by atoms with Gasteiger partial charge in [0.15, 0.2) is 0 Å². The van der Waals surface area contributed by atoms with E-state index in [2.05, 4.69) is 46.9 Å². The van der Waals surface area contributed by atoms with E-state index < -0.39 is 0 Å². The van der Waals surface area contributed by atoms with Crippen LogP contribution < -0.4 is 4.90 Å². The van der Waals surface area contributed by atoms with E-state index in [-0.39, 0.29) is 0 Å². The predicted molar refractivity (Wildman–Crippen MR) is 85.4 cm³/mol. The molecule has 20 heavy (non-hydrogen) atoms. The normalized spacial score (nSPS) is 21.6. The third kappa shape index (κ3) is 2.99. The molecular weight excluding hydrogens is 246 g/mol. The highest BCUT2D eigenvalue weighted by molar-refractivity contribution is 5.59. The van der Waals surface area contributed by atoms with Crippen molar-refractivity contribution < 1.29 is 0 Å². The maximum atomic E-state index is 2.61. The molecule has 0 amide bonds. The number of para-hydroxylation sites is 1. The molecule has 2 saturated heterocycles. The summed E-state index contributed by atoms with van der Waals surface area (Å²) >= 11 is 0. The zero-order valence-corrected chi connectivity index (χ0v) is 12.9. The summed E-state index contributed by atoms with van der Waals surface area (Å²) in [5, 5.41) is 0. The fourth-order valence-corrected chi connectivity index (χ4v) is 3.51. The van der Waals surface area contributed by atoms with Crippen molar-refractivity contribution in [2.24, 2.45) is 0 Å². The van der Waals surface area contributed by atoms with Crippen molar-refractivity contribution in [1.82, 2.24) is 9.80 Å². The molecule has 3 nitrogen and oxygen atoms in total. The number of likely N-dealkylation sites (N-methyl/N-ethyl adjacent to an activating group) is 1. The Morgan fingerprint density at radius 2 is 1.65 bits per heavy atom. The first-order chi connectivity index (χ1) is 9.74. The summed E-state index contributed by atoms with van der Waals surface area (Å²) in [4.78, 5) is 7.63. The van der Waals surface area contributed by atoms with Crippen molar-refractivity contribution in [1.29, 1.82) is 0 Å². The Morgan fingerprint density at radius 1 is 0.950 bits per heavy atom. The van der Waals surface area contributed by atoms with Gasteiger partial charge in [-0.3, -0.25) is 4.90 Å². The van der Waals surface area contributed by atoms with E-state index in [0.29, 0.717) is 0 Å². The van der Waals surface area contributed by atoms with Gasteiger partial charge in [0.1, 0.15) is 0 Å². The van der Waals surface area contributed by atoms with Gasteiger partial charge < -0.3 is 9.80 Å². The summed E-state index contributed by atoms with van der Waals surface area (Å²) in [6.07, 6.45) is 2.74. The molecule has 3 rings (SSSR count).